The van der Waals surface area contributed by atoms with Gasteiger partial charge in [-0.05, 0) is 73.5 Å². The smallest absolute Gasteiger partial charge is 0.335 e. The van der Waals surface area contributed by atoms with Crippen LogP contribution < -0.4 is 16.0 Å². The third-order valence-electron chi connectivity index (χ3n) is 7.52. The van der Waals surface area contributed by atoms with Gasteiger partial charge in [0.2, 0.25) is 17.7 Å². The Kier molecular flexibility index (Phi) is 13.4. The van der Waals surface area contributed by atoms with Gasteiger partial charge in [-0.3, -0.25) is 14.4 Å². The molecule has 3 amide bonds. The van der Waals surface area contributed by atoms with Crippen molar-refractivity contribution in [3.05, 3.63) is 114 Å². The van der Waals surface area contributed by atoms with Gasteiger partial charge in [-0.2, -0.15) is 0 Å². The van der Waals surface area contributed by atoms with Crippen LogP contribution >= 0.6 is 11.3 Å². The van der Waals surface area contributed by atoms with E-state index in [1.807, 2.05) is 11.1 Å². The van der Waals surface area contributed by atoms with E-state index in [2.05, 4.69) is 59.8 Å². The van der Waals surface area contributed by atoms with Crippen LogP contribution in [0, 0.1) is 0 Å². The average molecular weight is 715 g/mol. The van der Waals surface area contributed by atoms with E-state index in [1.54, 1.807) is 41.8 Å². The van der Waals surface area contributed by atoms with E-state index in [-0.39, 0.29) is 34.7 Å². The van der Waals surface area contributed by atoms with Gasteiger partial charge < -0.3 is 35.1 Å². The molecule has 1 atom stereocenters. The molecule has 4 aromatic rings. The number of hydrogen-bond donors (Lipinski definition) is 4. The van der Waals surface area contributed by atoms with Gasteiger partial charge in [0.25, 0.3) is 5.91 Å². The largest absolute Gasteiger partial charge is 0.478 e. The van der Waals surface area contributed by atoms with Gasteiger partial charge in [0, 0.05) is 47.7 Å². The first-order chi connectivity index (χ1) is 24.3. The minimum atomic E-state index is -0.994. The van der Waals surface area contributed by atoms with Crippen LogP contribution in [0.5, 0.6) is 0 Å². The zero-order chi connectivity index (χ0) is 37.0. The Bertz CT molecular complexity index is 1830. The van der Waals surface area contributed by atoms with E-state index in [1.165, 1.54) is 30.3 Å². The molecule has 13 nitrogen and oxygen atoms in total. The Morgan fingerprint density at radius 2 is 1.55 bits per heavy atom. The third kappa shape index (κ3) is 11.8. The average Bonchev–Trinajstić information content (AvgIpc) is 3.79. The van der Waals surface area contributed by atoms with Crippen molar-refractivity contribution >= 4 is 51.5 Å². The number of piperidine rings is 1. The molecule has 0 spiro atoms. The molecule has 0 radical (unpaired) electrons. The molecule has 3 heterocycles. The molecular weight excluding hydrogens is 673 g/mol. The van der Waals surface area contributed by atoms with Crippen molar-refractivity contribution in [1.29, 1.82) is 0 Å². The highest BCUT2D eigenvalue weighted by atomic mass is 32.1. The highest BCUT2D eigenvalue weighted by molar-refractivity contribution is 7.15. The van der Waals surface area contributed by atoms with Crippen LogP contribution in [0.3, 0.4) is 0 Å². The van der Waals surface area contributed by atoms with Crippen molar-refractivity contribution in [3.63, 3.8) is 0 Å². The quantitative estimate of drug-likeness (QED) is 0.119. The van der Waals surface area contributed by atoms with Crippen molar-refractivity contribution in [1.82, 2.24) is 14.9 Å². The number of anilines is 3. The molecule has 0 unspecified atom stereocenters. The van der Waals surface area contributed by atoms with Gasteiger partial charge in [0.15, 0.2) is 5.13 Å². The number of nitrogens with one attached hydrogen (secondary N) is 3. The first kappa shape index (κ1) is 38.2. The molecule has 51 heavy (non-hydrogen) atoms. The Morgan fingerprint density at radius 1 is 0.941 bits per heavy atom. The molecule has 268 valence electrons. The van der Waals surface area contributed by atoms with E-state index in [4.69, 9.17) is 14.3 Å². The molecule has 1 fully saturated rings. The van der Waals surface area contributed by atoms with Gasteiger partial charge in [-0.25, -0.2) is 14.8 Å². The summed E-state index contributed by atoms with van der Waals surface area (Å²) >= 11 is 1.54. The summed E-state index contributed by atoms with van der Waals surface area (Å²) in [5.41, 5.74) is 1.85. The Morgan fingerprint density at radius 3 is 2.10 bits per heavy atom. The maximum atomic E-state index is 13.0. The summed E-state index contributed by atoms with van der Waals surface area (Å²) in [6, 6.07) is 12.9. The van der Waals surface area contributed by atoms with Crippen LogP contribution in [-0.2, 0) is 33.0 Å². The summed E-state index contributed by atoms with van der Waals surface area (Å²) in [7, 11) is 0. The van der Waals surface area contributed by atoms with Gasteiger partial charge in [0.05, 0.1) is 23.2 Å². The number of carbonyl (C=O) groups excluding carboxylic acids is 3. The number of carbonyl (C=O) groups is 4. The van der Waals surface area contributed by atoms with Gasteiger partial charge >= 0.3 is 5.97 Å². The number of likely N-dealkylation sites (tertiary alicyclic amines) is 1. The SMILES string of the molecule is C=CC(=O)Nc1ccc(C(=O)N2CCC[C@@H](Nc3ncc(COCc4ncc(C(C)(C)C)o4)s3)C2)cc1.C=CC(=O)Nc1ccc(C(=O)O)cc1. The second-order valence-corrected chi connectivity index (χ2v) is 13.7. The number of benzene rings is 2. The Labute approximate surface area is 300 Å². The maximum absolute atomic E-state index is 13.0. The molecule has 1 aliphatic heterocycles. The summed E-state index contributed by atoms with van der Waals surface area (Å²) in [6.07, 6.45) is 7.78. The lowest BCUT2D eigenvalue weighted by molar-refractivity contribution is -0.112. The lowest BCUT2D eigenvalue weighted by Gasteiger charge is -2.33. The number of carboxylic acid groups (broad SMARTS) is 1. The Hall–Kier alpha value is -5.60. The van der Waals surface area contributed by atoms with Crippen molar-refractivity contribution < 1.29 is 33.4 Å². The maximum Gasteiger partial charge on any atom is 0.335 e. The van der Waals surface area contributed by atoms with E-state index >= 15 is 0 Å². The van der Waals surface area contributed by atoms with Crippen molar-refractivity contribution in [2.75, 3.05) is 29.0 Å². The molecule has 2 aromatic heterocycles. The van der Waals surface area contributed by atoms with Crippen molar-refractivity contribution in [3.8, 4) is 0 Å². The van der Waals surface area contributed by atoms with Crippen LogP contribution in [0.15, 0.2) is 90.7 Å². The van der Waals surface area contributed by atoms with E-state index in [0.29, 0.717) is 49.1 Å². The lowest BCUT2D eigenvalue weighted by atomic mass is 9.94. The lowest BCUT2D eigenvalue weighted by Crippen LogP contribution is -2.45. The number of aromatic carboxylic acids is 1. The fraction of sp³-hybridized carbons (Fsp3) is 0.297. The van der Waals surface area contributed by atoms with Crippen LogP contribution in [0.25, 0.3) is 0 Å². The van der Waals surface area contributed by atoms with Crippen LogP contribution in [0.2, 0.25) is 0 Å². The number of amides is 3. The van der Waals surface area contributed by atoms with E-state index in [0.717, 1.165) is 34.7 Å². The summed E-state index contributed by atoms with van der Waals surface area (Å²) < 4.78 is 11.5. The standard InChI is InChI=1S/C27H33N5O4S.C10H9NO3/c1-5-23(33)30-19-10-8-18(9-11-19)25(34)32-12-6-7-20(15-32)31-26-29-13-21(37-26)16-35-17-24-28-14-22(36-24)27(2,3)4;1-2-9(12)11-8-5-3-7(4-6-8)10(13)14/h5,8-11,13-14,20H,1,6-7,12,15-17H2,2-4H3,(H,29,31)(H,30,33);2-6H,1H2,(H,11,12)(H,13,14)/t20-;/m1./s1. The monoisotopic (exact) mass is 714 g/mol. The van der Waals surface area contributed by atoms with Crippen LogP contribution in [0.4, 0.5) is 16.5 Å². The number of carboxylic acids is 1. The predicted octanol–water partition coefficient (Wildman–Crippen LogP) is 6.50. The van der Waals surface area contributed by atoms with E-state index < -0.39 is 5.97 Å². The Balaban J connectivity index is 0.000000349. The molecule has 0 saturated carbocycles. The molecule has 1 aliphatic rings. The highest BCUT2D eigenvalue weighted by Gasteiger charge is 2.25. The summed E-state index contributed by atoms with van der Waals surface area (Å²) in [5.74, 6) is -0.229. The predicted molar refractivity (Wildman–Crippen MR) is 196 cm³/mol. The second-order valence-electron chi connectivity index (χ2n) is 12.6. The molecule has 0 bridgehead atoms. The number of nitrogens with zero attached hydrogens (tertiary/aromatic N) is 3. The number of rotatable bonds is 12. The summed E-state index contributed by atoms with van der Waals surface area (Å²) in [6.45, 7) is 15.0. The first-order valence-corrected chi connectivity index (χ1v) is 17.0. The number of ether oxygens (including phenoxy) is 1. The zero-order valence-corrected chi connectivity index (χ0v) is 29.6. The topological polar surface area (TPSA) is 176 Å². The first-order valence-electron chi connectivity index (χ1n) is 16.2. The number of hydrogen-bond acceptors (Lipinski definition) is 10. The molecule has 1 saturated heterocycles. The molecule has 14 heteroatoms. The molecule has 4 N–H and O–H groups in total. The normalized spacial score (nSPS) is 14.0. The van der Waals surface area contributed by atoms with Crippen LogP contribution in [0.1, 0.15) is 70.9 Å². The van der Waals surface area contributed by atoms with Gasteiger partial charge in [-0.1, -0.05) is 45.3 Å². The van der Waals surface area contributed by atoms with Crippen molar-refractivity contribution in [2.45, 2.75) is 58.3 Å². The second kappa shape index (κ2) is 17.9. The summed E-state index contributed by atoms with van der Waals surface area (Å²) in [5, 5.41) is 18.1. The minimum Gasteiger partial charge on any atom is -0.478 e. The number of aromatic nitrogens is 2. The van der Waals surface area contributed by atoms with Crippen molar-refractivity contribution in [2.24, 2.45) is 0 Å². The number of oxazole rings is 1. The molecular formula is C37H42N6O7S. The fourth-order valence-corrected chi connectivity index (χ4v) is 5.65. The third-order valence-corrected chi connectivity index (χ3v) is 8.42. The van der Waals surface area contributed by atoms with E-state index in [9.17, 15) is 19.2 Å². The summed E-state index contributed by atoms with van der Waals surface area (Å²) in [4.78, 5) is 57.5. The van der Waals surface area contributed by atoms with Gasteiger partial charge in [0.1, 0.15) is 12.4 Å². The zero-order valence-electron chi connectivity index (χ0n) is 28.8. The van der Waals surface area contributed by atoms with Gasteiger partial charge in [-0.15, -0.1) is 0 Å². The van der Waals surface area contributed by atoms with Crippen LogP contribution in [-0.4, -0.2) is 62.8 Å². The molecule has 5 rings (SSSR count). The fourth-order valence-electron chi connectivity index (χ4n) is 4.82. The number of thiazole rings is 1. The molecule has 0 aliphatic carbocycles. The minimum absolute atomic E-state index is 0.0255. The molecule has 2 aromatic carbocycles. The highest BCUT2D eigenvalue weighted by Crippen LogP contribution is 2.25.